The topological polar surface area (TPSA) is 37.8 Å². The van der Waals surface area contributed by atoms with Crippen LogP contribution in [0.2, 0.25) is 0 Å². The minimum atomic E-state index is 0.463. The number of hydrogen-bond donors (Lipinski definition) is 1. The first-order chi connectivity index (χ1) is 10.4. The highest BCUT2D eigenvalue weighted by atomic mass is 32.1. The number of aryl methyl sites for hydroxylation is 1. The van der Waals surface area contributed by atoms with E-state index in [2.05, 4.69) is 46.7 Å². The van der Waals surface area contributed by atoms with Crippen molar-refractivity contribution in [3.8, 4) is 0 Å². The van der Waals surface area contributed by atoms with E-state index in [1.54, 1.807) is 11.3 Å². The van der Waals surface area contributed by atoms with Crippen LogP contribution in [-0.4, -0.2) is 23.3 Å². The minimum absolute atomic E-state index is 0.463. The molecule has 1 N–H and O–H groups in total. The number of nitrogens with one attached hydrogen (secondary N) is 1. The summed E-state index contributed by atoms with van der Waals surface area (Å²) in [6.45, 7) is 4.28. The Labute approximate surface area is 130 Å². The molecule has 0 saturated heterocycles. The van der Waals surface area contributed by atoms with Crippen LogP contribution in [0.25, 0.3) is 0 Å². The van der Waals surface area contributed by atoms with Crippen LogP contribution in [0.4, 0.5) is 0 Å². The van der Waals surface area contributed by atoms with Gasteiger partial charge in [0.25, 0.3) is 0 Å². The highest BCUT2D eigenvalue weighted by Crippen LogP contribution is 2.37. The van der Waals surface area contributed by atoms with Gasteiger partial charge in [0, 0.05) is 18.9 Å². The molecule has 0 fully saturated rings. The zero-order valence-corrected chi connectivity index (χ0v) is 13.5. The van der Waals surface area contributed by atoms with E-state index in [9.17, 15) is 0 Å². The maximum Gasteiger partial charge on any atom is 0.124 e. The normalized spacial score (nSPS) is 17.7. The van der Waals surface area contributed by atoms with Crippen LogP contribution in [0.5, 0.6) is 0 Å². The second-order valence-electron chi connectivity index (χ2n) is 5.68. The molecule has 3 rings (SSSR count). The van der Waals surface area contributed by atoms with E-state index >= 15 is 0 Å². The van der Waals surface area contributed by atoms with Gasteiger partial charge in [-0.1, -0.05) is 31.2 Å². The molecule has 1 aliphatic rings. The smallest absolute Gasteiger partial charge is 0.124 e. The summed E-state index contributed by atoms with van der Waals surface area (Å²) in [6.07, 6.45) is 5.85. The van der Waals surface area contributed by atoms with Crippen LogP contribution in [0, 0.1) is 0 Å². The van der Waals surface area contributed by atoms with Gasteiger partial charge in [0.1, 0.15) is 10.0 Å². The molecule has 0 aliphatic heterocycles. The van der Waals surface area contributed by atoms with E-state index in [1.807, 2.05) is 0 Å². The molecule has 2 aromatic rings. The lowest BCUT2D eigenvalue weighted by molar-refractivity contribution is 0.608. The predicted octanol–water partition coefficient (Wildman–Crippen LogP) is 3.55. The first-order valence-electron chi connectivity index (χ1n) is 7.99. The third-order valence-corrected chi connectivity index (χ3v) is 5.19. The van der Waals surface area contributed by atoms with Gasteiger partial charge >= 0.3 is 0 Å². The Morgan fingerprint density at radius 2 is 2.14 bits per heavy atom. The van der Waals surface area contributed by atoms with Crippen molar-refractivity contribution in [1.29, 1.82) is 0 Å². The lowest BCUT2D eigenvalue weighted by atomic mass is 9.83. The summed E-state index contributed by atoms with van der Waals surface area (Å²) in [5.41, 5.74) is 2.96. The van der Waals surface area contributed by atoms with Crippen molar-refractivity contribution in [3.63, 3.8) is 0 Å². The summed E-state index contributed by atoms with van der Waals surface area (Å²) in [5, 5.41) is 14.7. The van der Waals surface area contributed by atoms with Gasteiger partial charge in [0.2, 0.25) is 0 Å². The maximum atomic E-state index is 4.48. The van der Waals surface area contributed by atoms with Crippen LogP contribution < -0.4 is 5.32 Å². The summed E-state index contributed by atoms with van der Waals surface area (Å²) in [7, 11) is 0. The molecule has 1 aliphatic carbocycles. The molecule has 3 nitrogen and oxygen atoms in total. The molecule has 1 atom stereocenters. The molecule has 1 aromatic carbocycles. The van der Waals surface area contributed by atoms with Gasteiger partial charge < -0.3 is 5.32 Å². The summed E-state index contributed by atoms with van der Waals surface area (Å²) in [6, 6.07) is 8.82. The second-order valence-corrected chi connectivity index (χ2v) is 6.77. The molecule has 1 aromatic heterocycles. The number of benzene rings is 1. The van der Waals surface area contributed by atoms with E-state index in [0.717, 1.165) is 24.5 Å². The Morgan fingerprint density at radius 1 is 1.24 bits per heavy atom. The molecule has 0 spiro atoms. The molecule has 0 amide bonds. The van der Waals surface area contributed by atoms with Gasteiger partial charge in [-0.15, -0.1) is 21.5 Å². The molecule has 1 heterocycles. The van der Waals surface area contributed by atoms with Crippen molar-refractivity contribution < 1.29 is 0 Å². The maximum absolute atomic E-state index is 4.48. The third-order valence-electron chi connectivity index (χ3n) is 4.09. The van der Waals surface area contributed by atoms with Gasteiger partial charge in [-0.05, 0) is 43.4 Å². The van der Waals surface area contributed by atoms with Crippen molar-refractivity contribution in [2.45, 2.75) is 44.9 Å². The van der Waals surface area contributed by atoms with Gasteiger partial charge in [-0.2, -0.15) is 0 Å². The van der Waals surface area contributed by atoms with Crippen molar-refractivity contribution in [2.24, 2.45) is 0 Å². The molecular weight excluding hydrogens is 278 g/mol. The summed E-state index contributed by atoms with van der Waals surface area (Å²) >= 11 is 1.80. The zero-order chi connectivity index (χ0) is 14.5. The molecule has 4 heteroatoms. The van der Waals surface area contributed by atoms with Crippen molar-refractivity contribution in [3.05, 3.63) is 45.4 Å². The summed E-state index contributed by atoms with van der Waals surface area (Å²) < 4.78 is 0. The summed E-state index contributed by atoms with van der Waals surface area (Å²) in [4.78, 5) is 0. The number of nitrogens with zero attached hydrogens (tertiary/aromatic N) is 2. The van der Waals surface area contributed by atoms with Crippen LogP contribution in [-0.2, 0) is 12.8 Å². The monoisotopic (exact) mass is 301 g/mol. The number of fused-ring (bicyclic) bond motifs is 1. The Morgan fingerprint density at radius 3 is 3.05 bits per heavy atom. The molecule has 21 heavy (non-hydrogen) atoms. The first kappa shape index (κ1) is 14.7. The minimum Gasteiger partial charge on any atom is -0.316 e. The SMILES string of the molecule is CCCNCCc1nnc(C2CCCc3ccccc32)s1. The van der Waals surface area contributed by atoms with E-state index < -0.39 is 0 Å². The van der Waals surface area contributed by atoms with Crippen LogP contribution in [0.3, 0.4) is 0 Å². The van der Waals surface area contributed by atoms with Crippen LogP contribution >= 0.6 is 11.3 Å². The van der Waals surface area contributed by atoms with Gasteiger partial charge in [-0.3, -0.25) is 0 Å². The van der Waals surface area contributed by atoms with Crippen molar-refractivity contribution in [1.82, 2.24) is 15.5 Å². The Bertz CT molecular complexity index is 579. The standard InChI is InChI=1S/C17H23N3S/c1-2-11-18-12-10-16-19-20-17(21-16)15-9-5-7-13-6-3-4-8-14(13)15/h3-4,6,8,15,18H,2,5,7,9-12H2,1H3. The van der Waals surface area contributed by atoms with E-state index in [0.29, 0.717) is 5.92 Å². The van der Waals surface area contributed by atoms with Crippen LogP contribution in [0.15, 0.2) is 24.3 Å². The largest absolute Gasteiger partial charge is 0.316 e. The third kappa shape index (κ3) is 3.50. The molecule has 112 valence electrons. The van der Waals surface area contributed by atoms with E-state index in [4.69, 9.17) is 0 Å². The number of aromatic nitrogens is 2. The predicted molar refractivity (Wildman–Crippen MR) is 88.0 cm³/mol. The average Bonchev–Trinajstić information content (AvgIpc) is 3.00. The Balaban J connectivity index is 1.69. The molecule has 1 unspecified atom stereocenters. The Kier molecular flexibility index (Phi) is 4.99. The van der Waals surface area contributed by atoms with E-state index in [-0.39, 0.29) is 0 Å². The van der Waals surface area contributed by atoms with Crippen molar-refractivity contribution in [2.75, 3.05) is 13.1 Å². The second kappa shape index (κ2) is 7.14. The van der Waals surface area contributed by atoms with Crippen LogP contribution in [0.1, 0.15) is 53.2 Å². The van der Waals surface area contributed by atoms with Gasteiger partial charge in [0.15, 0.2) is 0 Å². The number of hydrogen-bond acceptors (Lipinski definition) is 4. The highest BCUT2D eigenvalue weighted by Gasteiger charge is 2.24. The lowest BCUT2D eigenvalue weighted by Crippen LogP contribution is -2.17. The molecule has 0 saturated carbocycles. The fourth-order valence-electron chi connectivity index (χ4n) is 3.02. The van der Waals surface area contributed by atoms with Crippen molar-refractivity contribution >= 4 is 11.3 Å². The lowest BCUT2D eigenvalue weighted by Gasteiger charge is -2.23. The van der Waals surface area contributed by atoms with Gasteiger partial charge in [0.05, 0.1) is 0 Å². The highest BCUT2D eigenvalue weighted by molar-refractivity contribution is 7.11. The number of rotatable bonds is 6. The fraction of sp³-hybridized carbons (Fsp3) is 0.529. The molecule has 0 radical (unpaired) electrons. The average molecular weight is 301 g/mol. The fourth-order valence-corrected chi connectivity index (χ4v) is 4.01. The summed E-state index contributed by atoms with van der Waals surface area (Å²) in [5.74, 6) is 0.463. The van der Waals surface area contributed by atoms with E-state index in [1.165, 1.54) is 41.8 Å². The molecule has 0 bridgehead atoms. The van der Waals surface area contributed by atoms with Gasteiger partial charge in [-0.25, -0.2) is 0 Å². The zero-order valence-electron chi connectivity index (χ0n) is 12.6. The Hall–Kier alpha value is -1.26. The molecular formula is C17H23N3S. The first-order valence-corrected chi connectivity index (χ1v) is 8.81. The quantitative estimate of drug-likeness (QED) is 0.829.